The maximum atomic E-state index is 12.8. The molecule has 3 aromatic rings. The average molecular weight is 338 g/mol. The average Bonchev–Trinajstić information content (AvgIpc) is 3.19. The Morgan fingerprint density at radius 2 is 2.16 bits per heavy atom. The van der Waals surface area contributed by atoms with Crippen LogP contribution in [0.3, 0.4) is 0 Å². The largest absolute Gasteiger partial charge is 0.359 e. The van der Waals surface area contributed by atoms with E-state index in [0.29, 0.717) is 5.82 Å². The van der Waals surface area contributed by atoms with E-state index < -0.39 is 0 Å². The third-order valence-corrected chi connectivity index (χ3v) is 4.68. The van der Waals surface area contributed by atoms with Gasteiger partial charge in [0.15, 0.2) is 5.82 Å². The third-order valence-electron chi connectivity index (χ3n) is 4.68. The summed E-state index contributed by atoms with van der Waals surface area (Å²) in [7, 11) is 0. The van der Waals surface area contributed by atoms with Crippen LogP contribution in [0.15, 0.2) is 24.3 Å². The van der Waals surface area contributed by atoms with Gasteiger partial charge in [-0.3, -0.25) is 5.10 Å². The number of carbonyl (C=O) groups is 1. The smallest absolute Gasteiger partial charge is 0.322 e. The highest BCUT2D eigenvalue weighted by Crippen LogP contribution is 2.29. The van der Waals surface area contributed by atoms with Crippen molar-refractivity contribution in [3.05, 3.63) is 41.6 Å². The van der Waals surface area contributed by atoms with Crippen molar-refractivity contribution < 1.29 is 4.79 Å². The van der Waals surface area contributed by atoms with Crippen LogP contribution in [0.25, 0.3) is 10.9 Å². The molecule has 3 heterocycles. The van der Waals surface area contributed by atoms with E-state index in [-0.39, 0.29) is 12.1 Å². The number of likely N-dealkylation sites (tertiary alicyclic amines) is 1. The topological polar surface area (TPSA) is 89.7 Å². The second-order valence-electron chi connectivity index (χ2n) is 6.67. The van der Waals surface area contributed by atoms with Gasteiger partial charge in [-0.1, -0.05) is 0 Å². The number of fused-ring (bicyclic) bond motifs is 1. The molecule has 1 atom stereocenters. The maximum Gasteiger partial charge on any atom is 0.322 e. The van der Waals surface area contributed by atoms with Gasteiger partial charge in [0.1, 0.15) is 5.82 Å². The lowest BCUT2D eigenvalue weighted by molar-refractivity contribution is 0.159. The summed E-state index contributed by atoms with van der Waals surface area (Å²) in [5.74, 6) is 1.47. The number of H-pyrrole nitrogens is 2. The summed E-state index contributed by atoms with van der Waals surface area (Å²) < 4.78 is 0. The summed E-state index contributed by atoms with van der Waals surface area (Å²) in [6.45, 7) is 4.61. The van der Waals surface area contributed by atoms with Crippen LogP contribution in [0.1, 0.15) is 42.6 Å². The van der Waals surface area contributed by atoms with E-state index in [0.717, 1.165) is 53.9 Å². The first kappa shape index (κ1) is 15.7. The number of hydrogen-bond acceptors (Lipinski definition) is 3. The molecule has 25 heavy (non-hydrogen) atoms. The molecule has 7 heteroatoms. The SMILES string of the molecule is Cc1cc2cc(NC(=O)N3CCCCC3c3n[nH]c(C)n3)ccc2[nH]1. The van der Waals surface area contributed by atoms with Gasteiger partial charge in [0.25, 0.3) is 0 Å². The van der Waals surface area contributed by atoms with Crippen LogP contribution < -0.4 is 5.32 Å². The second-order valence-corrected chi connectivity index (χ2v) is 6.67. The van der Waals surface area contributed by atoms with Crippen molar-refractivity contribution in [2.24, 2.45) is 0 Å². The number of carbonyl (C=O) groups excluding carboxylic acids is 1. The van der Waals surface area contributed by atoms with Crippen LogP contribution in [-0.4, -0.2) is 37.6 Å². The number of amides is 2. The molecule has 1 aliphatic rings. The molecule has 1 aromatic carbocycles. The van der Waals surface area contributed by atoms with Crippen molar-refractivity contribution in [1.29, 1.82) is 0 Å². The van der Waals surface area contributed by atoms with Gasteiger partial charge >= 0.3 is 6.03 Å². The monoisotopic (exact) mass is 338 g/mol. The lowest BCUT2D eigenvalue weighted by Crippen LogP contribution is -2.41. The summed E-state index contributed by atoms with van der Waals surface area (Å²) in [5.41, 5.74) is 2.98. The van der Waals surface area contributed by atoms with Gasteiger partial charge in [-0.25, -0.2) is 9.78 Å². The van der Waals surface area contributed by atoms with Crippen molar-refractivity contribution >= 4 is 22.6 Å². The molecule has 0 bridgehead atoms. The fourth-order valence-corrected chi connectivity index (χ4v) is 3.50. The molecular weight excluding hydrogens is 316 g/mol. The molecular formula is C18H22N6O. The predicted octanol–water partition coefficient (Wildman–Crippen LogP) is 3.66. The Kier molecular flexibility index (Phi) is 3.91. The summed E-state index contributed by atoms with van der Waals surface area (Å²) in [6, 6.07) is 7.81. The number of rotatable bonds is 2. The lowest BCUT2D eigenvalue weighted by atomic mass is 10.0. The van der Waals surface area contributed by atoms with Gasteiger partial charge in [-0.05, 0) is 57.4 Å². The molecule has 0 aliphatic carbocycles. The predicted molar refractivity (Wildman–Crippen MR) is 96.5 cm³/mol. The molecule has 3 N–H and O–H groups in total. The van der Waals surface area contributed by atoms with E-state index in [2.05, 4.69) is 31.5 Å². The second kappa shape index (κ2) is 6.23. The number of aromatic amines is 2. The standard InChI is InChI=1S/C18H22N6O/c1-11-9-13-10-14(6-7-15(13)19-11)21-18(25)24-8-4-3-5-16(24)17-20-12(2)22-23-17/h6-7,9-10,16,19H,3-5,8H2,1-2H3,(H,21,25)(H,20,22,23). The summed E-state index contributed by atoms with van der Waals surface area (Å²) >= 11 is 0. The molecule has 0 radical (unpaired) electrons. The van der Waals surface area contributed by atoms with Gasteiger partial charge in [-0.15, -0.1) is 0 Å². The molecule has 1 unspecified atom stereocenters. The zero-order chi connectivity index (χ0) is 17.4. The molecule has 2 amide bonds. The molecule has 1 fully saturated rings. The zero-order valence-electron chi connectivity index (χ0n) is 14.5. The first-order valence-corrected chi connectivity index (χ1v) is 8.66. The van der Waals surface area contributed by atoms with Crippen molar-refractivity contribution in [2.45, 2.75) is 39.2 Å². The van der Waals surface area contributed by atoms with E-state index in [1.807, 2.05) is 36.9 Å². The number of urea groups is 1. The van der Waals surface area contributed by atoms with Gasteiger partial charge in [0, 0.05) is 28.8 Å². The number of aromatic nitrogens is 4. The summed E-state index contributed by atoms with van der Waals surface area (Å²) in [4.78, 5) is 22.4. The van der Waals surface area contributed by atoms with E-state index in [4.69, 9.17) is 0 Å². The number of benzene rings is 1. The molecule has 2 aromatic heterocycles. The van der Waals surface area contributed by atoms with Crippen molar-refractivity contribution in [1.82, 2.24) is 25.1 Å². The minimum absolute atomic E-state index is 0.0723. The Bertz CT molecular complexity index is 911. The van der Waals surface area contributed by atoms with E-state index in [1.54, 1.807) is 0 Å². The molecule has 130 valence electrons. The van der Waals surface area contributed by atoms with Gasteiger partial charge in [0.2, 0.25) is 0 Å². The molecule has 1 saturated heterocycles. The van der Waals surface area contributed by atoms with Crippen molar-refractivity contribution in [3.8, 4) is 0 Å². The van der Waals surface area contributed by atoms with E-state index in [1.165, 1.54) is 0 Å². The lowest BCUT2D eigenvalue weighted by Gasteiger charge is -2.34. The Morgan fingerprint density at radius 3 is 2.96 bits per heavy atom. The minimum Gasteiger partial charge on any atom is -0.359 e. The van der Waals surface area contributed by atoms with Crippen LogP contribution >= 0.6 is 0 Å². The Balaban J connectivity index is 1.55. The van der Waals surface area contributed by atoms with E-state index >= 15 is 0 Å². The summed E-state index contributed by atoms with van der Waals surface area (Å²) in [6.07, 6.45) is 2.97. The van der Waals surface area contributed by atoms with Crippen molar-refractivity contribution in [2.75, 3.05) is 11.9 Å². The Labute approximate surface area is 145 Å². The number of hydrogen-bond donors (Lipinski definition) is 3. The van der Waals surface area contributed by atoms with Crippen LogP contribution in [-0.2, 0) is 0 Å². The Hall–Kier alpha value is -2.83. The molecule has 4 rings (SSSR count). The molecule has 1 aliphatic heterocycles. The quantitative estimate of drug-likeness (QED) is 0.666. The van der Waals surface area contributed by atoms with Crippen molar-refractivity contribution in [3.63, 3.8) is 0 Å². The first-order valence-electron chi connectivity index (χ1n) is 8.66. The number of nitrogens with one attached hydrogen (secondary N) is 3. The van der Waals surface area contributed by atoms with E-state index in [9.17, 15) is 4.79 Å². The zero-order valence-corrected chi connectivity index (χ0v) is 14.5. The van der Waals surface area contributed by atoms with Gasteiger partial charge in [0.05, 0.1) is 6.04 Å². The maximum absolute atomic E-state index is 12.8. The molecule has 0 spiro atoms. The number of nitrogens with zero attached hydrogens (tertiary/aromatic N) is 3. The van der Waals surface area contributed by atoms with Crippen LogP contribution in [0.5, 0.6) is 0 Å². The van der Waals surface area contributed by atoms with Gasteiger partial charge < -0.3 is 15.2 Å². The van der Waals surface area contributed by atoms with Gasteiger partial charge in [-0.2, -0.15) is 5.10 Å². The van der Waals surface area contributed by atoms with Crippen LogP contribution in [0, 0.1) is 13.8 Å². The van der Waals surface area contributed by atoms with Crippen LogP contribution in [0.2, 0.25) is 0 Å². The first-order chi connectivity index (χ1) is 12.1. The Morgan fingerprint density at radius 1 is 1.28 bits per heavy atom. The minimum atomic E-state index is -0.0984. The number of piperidine rings is 1. The number of aryl methyl sites for hydroxylation is 2. The molecule has 0 saturated carbocycles. The third kappa shape index (κ3) is 3.09. The highest BCUT2D eigenvalue weighted by Gasteiger charge is 2.30. The fourth-order valence-electron chi connectivity index (χ4n) is 3.50. The number of anilines is 1. The highest BCUT2D eigenvalue weighted by atomic mass is 16.2. The molecule has 7 nitrogen and oxygen atoms in total. The van der Waals surface area contributed by atoms with Crippen LogP contribution in [0.4, 0.5) is 10.5 Å². The summed E-state index contributed by atoms with van der Waals surface area (Å²) in [5, 5.41) is 11.3. The fraction of sp³-hybridized carbons (Fsp3) is 0.389. The normalized spacial score (nSPS) is 17.8. The highest BCUT2D eigenvalue weighted by molar-refractivity contribution is 5.93.